The van der Waals surface area contributed by atoms with Crippen molar-refractivity contribution in [3.63, 3.8) is 0 Å². The van der Waals surface area contributed by atoms with Gasteiger partial charge in [0.15, 0.2) is 5.69 Å². The van der Waals surface area contributed by atoms with Gasteiger partial charge in [-0.05, 0) is 99.3 Å². The number of hydrogen-bond acceptors (Lipinski definition) is 10. The fourth-order valence-corrected chi connectivity index (χ4v) is 9.77. The second kappa shape index (κ2) is 16.3. The summed E-state index contributed by atoms with van der Waals surface area (Å²) in [5.41, 5.74) is -2.56. The molecule has 17 heteroatoms. The van der Waals surface area contributed by atoms with Crippen LogP contribution in [0.15, 0.2) is 24.3 Å². The molecule has 4 amide bonds. The lowest BCUT2D eigenvalue weighted by Gasteiger charge is -2.36. The van der Waals surface area contributed by atoms with Gasteiger partial charge in [-0.15, -0.1) is 0 Å². The largest absolute Gasteiger partial charge is 0.506 e. The first kappa shape index (κ1) is 44.3. The molecular formula is C42H59F2N5O9S. The number of likely N-dealkylation sites (tertiary alicyclic amines) is 1. The maximum atomic E-state index is 15.2. The van der Waals surface area contributed by atoms with Crippen LogP contribution in [0.5, 0.6) is 11.5 Å². The second-order valence-corrected chi connectivity index (χ2v) is 20.5. The lowest BCUT2D eigenvalue weighted by Crippen LogP contribution is -2.61. The van der Waals surface area contributed by atoms with E-state index >= 15 is 8.78 Å². The van der Waals surface area contributed by atoms with Crippen LogP contribution in [0.2, 0.25) is 0 Å². The molecule has 1 unspecified atom stereocenters. The zero-order chi connectivity index (χ0) is 43.3. The molecule has 0 spiro atoms. The summed E-state index contributed by atoms with van der Waals surface area (Å²) < 4.78 is 68.3. The number of pyridine rings is 1. The molecule has 2 aromatic rings. The minimum atomic E-state index is -3.94. The number of alkyl carbamates (subject to hydrolysis) is 1. The molecule has 1 saturated heterocycles. The van der Waals surface area contributed by atoms with Gasteiger partial charge in [-0.25, -0.2) is 18.2 Å². The monoisotopic (exact) mass is 847 g/mol. The van der Waals surface area contributed by atoms with Gasteiger partial charge in [0.1, 0.15) is 35.2 Å². The number of nitrogens with zero attached hydrogens (tertiary/aromatic N) is 2. The number of rotatable bonds is 17. The predicted molar refractivity (Wildman–Crippen MR) is 215 cm³/mol. The van der Waals surface area contributed by atoms with E-state index in [0.29, 0.717) is 68.0 Å². The van der Waals surface area contributed by atoms with Crippen molar-refractivity contribution in [2.24, 2.45) is 23.2 Å². The Morgan fingerprint density at radius 3 is 2.39 bits per heavy atom. The third-order valence-corrected chi connectivity index (χ3v) is 15.1. The minimum Gasteiger partial charge on any atom is -0.506 e. The summed E-state index contributed by atoms with van der Waals surface area (Å²) in [5, 5.41) is 16.5. The van der Waals surface area contributed by atoms with E-state index in [1.54, 1.807) is 45.9 Å². The number of unbranched alkanes of at least 4 members (excludes halogenated alkanes) is 1. The Morgan fingerprint density at radius 2 is 1.78 bits per heavy atom. The predicted octanol–water partition coefficient (Wildman–Crippen LogP) is 6.04. The molecule has 4 aliphatic rings. The van der Waals surface area contributed by atoms with E-state index in [2.05, 4.69) is 20.3 Å². The van der Waals surface area contributed by atoms with Gasteiger partial charge >= 0.3 is 6.09 Å². The van der Waals surface area contributed by atoms with Crippen molar-refractivity contribution in [3.05, 3.63) is 30.0 Å². The number of fused-ring (bicyclic) bond motifs is 1. The number of nitrogens with one attached hydrogen (secondary N) is 3. The number of carbonyl (C=O) groups excluding carboxylic acids is 4. The highest BCUT2D eigenvalue weighted by Crippen LogP contribution is 2.48. The van der Waals surface area contributed by atoms with E-state index in [4.69, 9.17) is 9.47 Å². The first-order chi connectivity index (χ1) is 27.6. The van der Waals surface area contributed by atoms with E-state index in [9.17, 15) is 32.7 Å². The summed E-state index contributed by atoms with van der Waals surface area (Å²) in [5.74, 6) is -5.73. The number of hydrogen-bond donors (Lipinski definition) is 4. The Labute approximate surface area is 345 Å². The number of carbonyl (C=O) groups is 4. The van der Waals surface area contributed by atoms with Crippen molar-refractivity contribution in [3.8, 4) is 11.5 Å². The molecule has 3 saturated carbocycles. The molecule has 1 aromatic carbocycles. The summed E-state index contributed by atoms with van der Waals surface area (Å²) in [6, 6.07) is 4.02. The van der Waals surface area contributed by atoms with Crippen LogP contribution in [-0.2, 0) is 35.1 Å². The molecule has 59 heavy (non-hydrogen) atoms. The van der Waals surface area contributed by atoms with Crippen molar-refractivity contribution in [1.29, 1.82) is 0 Å². The zero-order valence-corrected chi connectivity index (χ0v) is 35.8. The first-order valence-electron chi connectivity index (χ1n) is 20.8. The van der Waals surface area contributed by atoms with Gasteiger partial charge in [-0.1, -0.05) is 53.9 Å². The van der Waals surface area contributed by atoms with Crippen LogP contribution >= 0.6 is 0 Å². The van der Waals surface area contributed by atoms with Gasteiger partial charge in [0.05, 0.1) is 17.4 Å². The van der Waals surface area contributed by atoms with Crippen LogP contribution in [-0.4, -0.2) is 89.4 Å². The number of benzene rings is 1. The molecule has 1 aromatic heterocycles. The highest BCUT2D eigenvalue weighted by molar-refractivity contribution is 7.91. The molecule has 14 nitrogen and oxygen atoms in total. The lowest BCUT2D eigenvalue weighted by atomic mass is 9.85. The Bertz CT molecular complexity index is 2070. The highest BCUT2D eigenvalue weighted by atomic mass is 32.2. The molecule has 3 aliphatic carbocycles. The fraction of sp³-hybridized carbons (Fsp3) is 0.690. The summed E-state index contributed by atoms with van der Waals surface area (Å²) in [6.07, 6.45) is 2.72. The number of alkyl halides is 2. The molecule has 0 bridgehead atoms. The second-order valence-electron chi connectivity index (χ2n) is 18.3. The lowest BCUT2D eigenvalue weighted by molar-refractivity contribution is -0.143. The van der Waals surface area contributed by atoms with Crippen molar-refractivity contribution < 1.29 is 51.0 Å². The maximum Gasteiger partial charge on any atom is 0.408 e. The smallest absolute Gasteiger partial charge is 0.408 e. The third kappa shape index (κ3) is 9.24. The van der Waals surface area contributed by atoms with Gasteiger partial charge in [0, 0.05) is 18.4 Å². The molecule has 7 atom stereocenters. The summed E-state index contributed by atoms with van der Waals surface area (Å²) in [6.45, 7) is 11.0. The van der Waals surface area contributed by atoms with E-state index < -0.39 is 91.5 Å². The molecular weight excluding hydrogens is 789 g/mol. The normalized spacial score (nSPS) is 26.5. The standard InChI is InChI=1S/C42H59F2N5O9S/c1-8-24-15-19-49(32(24)35(51)47-41(23-27(41)9-2)37(53)48-59(55,56)40(6)17-18-40)36(52)34(39(3,4)5)46-38(54)58-31-22-25(31)12-10-11-16-42(43,44)33-30(50)21-26-20-28(57-7)13-14-29(26)45-33/h13-14,20-21,24-25,27,31-32,34,50H,8-12,15-19,22-23H2,1-7H3,(H,46,54)(H,47,51)(H,48,53)/t24-,25-,27-,31-,32+,34-,41?/m1/s1. The molecule has 2 heterocycles. The van der Waals surface area contributed by atoms with Crippen molar-refractivity contribution in [2.45, 2.75) is 147 Å². The average Bonchev–Trinajstić information content (AvgIpc) is 4.13. The minimum absolute atomic E-state index is 0.0293. The zero-order valence-electron chi connectivity index (χ0n) is 35.0. The van der Waals surface area contributed by atoms with Gasteiger partial charge < -0.3 is 30.1 Å². The van der Waals surface area contributed by atoms with Crippen LogP contribution in [0, 0.1) is 23.2 Å². The number of amides is 4. The number of halogens is 2. The van der Waals surface area contributed by atoms with Crippen molar-refractivity contribution >= 4 is 44.7 Å². The maximum absolute atomic E-state index is 15.2. The number of aromatic hydroxyl groups is 1. The summed E-state index contributed by atoms with van der Waals surface area (Å²) in [7, 11) is -2.46. The quantitative estimate of drug-likeness (QED) is 0.137. The van der Waals surface area contributed by atoms with E-state index in [1.165, 1.54) is 18.1 Å². The molecule has 326 valence electrons. The van der Waals surface area contributed by atoms with Gasteiger partial charge in [-0.2, -0.15) is 8.78 Å². The highest BCUT2D eigenvalue weighted by Gasteiger charge is 2.63. The summed E-state index contributed by atoms with van der Waals surface area (Å²) in [4.78, 5) is 60.7. The van der Waals surface area contributed by atoms with Crippen LogP contribution in [0.1, 0.15) is 118 Å². The Balaban J connectivity index is 1.02. The van der Waals surface area contributed by atoms with Crippen molar-refractivity contribution in [1.82, 2.24) is 25.2 Å². The first-order valence-corrected chi connectivity index (χ1v) is 22.3. The Hall–Kier alpha value is -4.28. The van der Waals surface area contributed by atoms with E-state index in [0.717, 1.165) is 0 Å². The van der Waals surface area contributed by atoms with Crippen LogP contribution in [0.3, 0.4) is 0 Å². The third-order valence-electron chi connectivity index (χ3n) is 12.9. The summed E-state index contributed by atoms with van der Waals surface area (Å²) >= 11 is 0. The number of sulfonamides is 1. The van der Waals surface area contributed by atoms with Gasteiger partial charge in [0.25, 0.3) is 11.8 Å². The van der Waals surface area contributed by atoms with Crippen LogP contribution < -0.4 is 20.1 Å². The van der Waals surface area contributed by atoms with Gasteiger partial charge in [-0.3, -0.25) is 19.1 Å². The Morgan fingerprint density at radius 1 is 1.07 bits per heavy atom. The van der Waals surface area contributed by atoms with Crippen molar-refractivity contribution in [2.75, 3.05) is 13.7 Å². The number of ether oxygens (including phenoxy) is 2. The molecule has 0 radical (unpaired) electrons. The van der Waals surface area contributed by atoms with E-state index in [-0.39, 0.29) is 37.1 Å². The molecule has 4 fully saturated rings. The molecule has 1 aliphatic heterocycles. The van der Waals surface area contributed by atoms with Crippen LogP contribution in [0.4, 0.5) is 13.6 Å². The average molecular weight is 848 g/mol. The van der Waals surface area contributed by atoms with E-state index in [1.807, 2.05) is 13.8 Å². The molecule has 4 N–H and O–H groups in total. The molecule has 6 rings (SSSR count). The topological polar surface area (TPSA) is 193 Å². The number of aromatic nitrogens is 1. The SMILES string of the molecule is CC[C@@H]1CCN(C(=O)[C@@H](NC(=O)O[C@@H]2C[C@H]2CCCCC(F)(F)c2nc3ccc(OC)cc3cc2O)C(C)(C)C)[C@@H]1C(=O)NC1(C(=O)NS(=O)(=O)C2(C)CC2)C[C@H]1CC. The Kier molecular flexibility index (Phi) is 12.2. The van der Waals surface area contributed by atoms with Crippen LogP contribution in [0.25, 0.3) is 10.9 Å². The number of methoxy groups -OCH3 is 1. The fourth-order valence-electron chi connectivity index (χ4n) is 8.46. The van der Waals surface area contributed by atoms with Gasteiger partial charge in [0.2, 0.25) is 21.8 Å².